The second-order valence-electron chi connectivity index (χ2n) is 10.1. The van der Waals surface area contributed by atoms with Gasteiger partial charge in [0, 0.05) is 52.1 Å². The van der Waals surface area contributed by atoms with Crippen molar-refractivity contribution in [3.63, 3.8) is 0 Å². The monoisotopic (exact) mass is 521 g/mol. The SMILES string of the molecule is CC(C)c1nc2c3cc(Oc4cc5c(cn4)c4ccncc4n5-c4ccccn4)ccc3c3ccccc3n2n1. The second-order valence-corrected chi connectivity index (χ2v) is 10.1. The molecule has 0 saturated heterocycles. The third-order valence-electron chi connectivity index (χ3n) is 7.32. The first-order valence-electron chi connectivity index (χ1n) is 13.2. The summed E-state index contributed by atoms with van der Waals surface area (Å²) in [4.78, 5) is 18.5. The number of nitrogens with zero attached hydrogens (tertiary/aromatic N) is 7. The van der Waals surface area contributed by atoms with Gasteiger partial charge in [-0.25, -0.2) is 19.5 Å². The van der Waals surface area contributed by atoms with Gasteiger partial charge in [0.2, 0.25) is 5.88 Å². The molecule has 8 rings (SSSR count). The molecular weight excluding hydrogens is 498 g/mol. The summed E-state index contributed by atoms with van der Waals surface area (Å²) in [6.45, 7) is 4.21. The van der Waals surface area contributed by atoms with Crippen molar-refractivity contribution in [1.82, 2.24) is 34.1 Å². The van der Waals surface area contributed by atoms with E-state index in [0.717, 1.165) is 60.8 Å². The van der Waals surface area contributed by atoms with Crippen LogP contribution in [0.4, 0.5) is 0 Å². The predicted octanol–water partition coefficient (Wildman–Crippen LogP) is 7.23. The summed E-state index contributed by atoms with van der Waals surface area (Å²) in [6, 6.07) is 24.2. The zero-order chi connectivity index (χ0) is 26.8. The minimum Gasteiger partial charge on any atom is -0.439 e. The summed E-state index contributed by atoms with van der Waals surface area (Å²) >= 11 is 0. The van der Waals surface area contributed by atoms with Gasteiger partial charge in [0.15, 0.2) is 11.5 Å². The molecule has 6 heterocycles. The maximum atomic E-state index is 6.38. The van der Waals surface area contributed by atoms with Crippen LogP contribution in [0.2, 0.25) is 0 Å². The lowest BCUT2D eigenvalue weighted by Crippen LogP contribution is -1.97. The Hall–Kier alpha value is -5.37. The smallest absolute Gasteiger partial charge is 0.221 e. The van der Waals surface area contributed by atoms with E-state index in [0.29, 0.717) is 11.6 Å². The number of ether oxygens (including phenoxy) is 1. The predicted molar refractivity (Wildman–Crippen MR) is 156 cm³/mol. The van der Waals surface area contributed by atoms with Gasteiger partial charge in [0.1, 0.15) is 11.6 Å². The summed E-state index contributed by atoms with van der Waals surface area (Å²) in [7, 11) is 0. The van der Waals surface area contributed by atoms with Crippen molar-refractivity contribution in [3.05, 3.63) is 103 Å². The number of benzene rings is 2. The maximum Gasteiger partial charge on any atom is 0.221 e. The Morgan fingerprint density at radius 3 is 2.45 bits per heavy atom. The van der Waals surface area contributed by atoms with Crippen LogP contribution in [0.15, 0.2) is 97.6 Å². The van der Waals surface area contributed by atoms with Gasteiger partial charge in [-0.2, -0.15) is 5.10 Å². The van der Waals surface area contributed by atoms with Crippen molar-refractivity contribution >= 4 is 49.1 Å². The highest BCUT2D eigenvalue weighted by Gasteiger charge is 2.17. The number of para-hydroxylation sites is 1. The van der Waals surface area contributed by atoms with Crippen LogP contribution < -0.4 is 4.74 Å². The number of hydrogen-bond donors (Lipinski definition) is 0. The fraction of sp³-hybridized carbons (Fsp3) is 0.0938. The molecule has 0 radical (unpaired) electrons. The van der Waals surface area contributed by atoms with Crippen LogP contribution in [0.5, 0.6) is 11.6 Å². The van der Waals surface area contributed by atoms with Crippen LogP contribution in [0.3, 0.4) is 0 Å². The largest absolute Gasteiger partial charge is 0.439 e. The molecule has 6 aromatic heterocycles. The topological polar surface area (TPSA) is 83.0 Å². The molecule has 8 aromatic rings. The van der Waals surface area contributed by atoms with Crippen LogP contribution in [0, 0.1) is 0 Å². The highest BCUT2D eigenvalue weighted by Crippen LogP contribution is 2.35. The van der Waals surface area contributed by atoms with E-state index in [1.54, 1.807) is 12.4 Å². The fourth-order valence-electron chi connectivity index (χ4n) is 5.46. The van der Waals surface area contributed by atoms with Crippen LogP contribution >= 0.6 is 0 Å². The van der Waals surface area contributed by atoms with Crippen LogP contribution in [0.1, 0.15) is 25.6 Å². The first kappa shape index (κ1) is 22.6. The molecule has 0 aliphatic carbocycles. The molecular formula is C32H23N7O. The fourth-order valence-corrected chi connectivity index (χ4v) is 5.46. The standard InChI is InChI=1S/C32H23N7O/c1-19(2)31-36-32-24-15-20(10-11-21(24)22-7-3-4-8-26(22)39(32)37-31)40-30-16-27-25(17-35-30)23-12-14-33-18-28(23)38(27)29-9-5-6-13-34-29/h3-19H,1-2H3. The third kappa shape index (κ3) is 3.36. The summed E-state index contributed by atoms with van der Waals surface area (Å²) in [5.74, 6) is 2.99. The highest BCUT2D eigenvalue weighted by atomic mass is 16.5. The Balaban J connectivity index is 1.30. The molecule has 0 amide bonds. The van der Waals surface area contributed by atoms with Crippen molar-refractivity contribution in [3.8, 4) is 17.4 Å². The number of pyridine rings is 4. The molecule has 2 aromatic carbocycles. The first-order valence-corrected chi connectivity index (χ1v) is 13.2. The normalized spacial score (nSPS) is 12.0. The van der Waals surface area contributed by atoms with Gasteiger partial charge >= 0.3 is 0 Å². The van der Waals surface area contributed by atoms with Crippen LogP contribution in [0.25, 0.3) is 54.9 Å². The highest BCUT2D eigenvalue weighted by molar-refractivity contribution is 6.12. The van der Waals surface area contributed by atoms with E-state index in [-0.39, 0.29) is 5.92 Å². The van der Waals surface area contributed by atoms with Gasteiger partial charge < -0.3 is 4.74 Å². The molecule has 0 spiro atoms. The Kier molecular flexibility index (Phi) is 4.84. The molecule has 0 aliphatic rings. The molecule has 0 atom stereocenters. The van der Waals surface area contributed by atoms with E-state index in [4.69, 9.17) is 14.8 Å². The summed E-state index contributed by atoms with van der Waals surface area (Å²) < 4.78 is 10.4. The first-order chi connectivity index (χ1) is 19.7. The van der Waals surface area contributed by atoms with Crippen molar-refractivity contribution < 1.29 is 4.74 Å². The lowest BCUT2D eigenvalue weighted by Gasteiger charge is -2.10. The third-order valence-corrected chi connectivity index (χ3v) is 7.32. The Morgan fingerprint density at radius 2 is 1.57 bits per heavy atom. The average Bonchev–Trinajstić information content (AvgIpc) is 3.58. The Morgan fingerprint density at radius 1 is 0.700 bits per heavy atom. The van der Waals surface area contributed by atoms with Gasteiger partial charge in [-0.05, 0) is 47.9 Å². The number of hydrogen-bond acceptors (Lipinski definition) is 6. The molecule has 0 fully saturated rings. The number of rotatable bonds is 4. The summed E-state index contributed by atoms with van der Waals surface area (Å²) in [6.07, 6.45) is 7.29. The molecule has 0 bridgehead atoms. The van der Waals surface area contributed by atoms with E-state index in [2.05, 4.69) is 51.6 Å². The molecule has 0 N–H and O–H groups in total. The van der Waals surface area contributed by atoms with E-state index < -0.39 is 0 Å². The molecule has 0 saturated carbocycles. The molecule has 0 unspecified atom stereocenters. The van der Waals surface area contributed by atoms with Gasteiger partial charge in [0.25, 0.3) is 0 Å². The molecule has 8 nitrogen and oxygen atoms in total. The van der Waals surface area contributed by atoms with Gasteiger partial charge in [0.05, 0.1) is 22.7 Å². The zero-order valence-corrected chi connectivity index (χ0v) is 21.9. The Labute approximate surface area is 228 Å². The van der Waals surface area contributed by atoms with Crippen molar-refractivity contribution in [2.24, 2.45) is 0 Å². The van der Waals surface area contributed by atoms with E-state index in [1.807, 2.05) is 71.5 Å². The average molecular weight is 522 g/mol. The minimum absolute atomic E-state index is 0.213. The number of fused-ring (bicyclic) bond motifs is 9. The minimum atomic E-state index is 0.213. The van der Waals surface area contributed by atoms with Crippen molar-refractivity contribution in [2.75, 3.05) is 0 Å². The Bertz CT molecular complexity index is 2230. The van der Waals surface area contributed by atoms with E-state index in [1.165, 1.54) is 0 Å². The van der Waals surface area contributed by atoms with Gasteiger partial charge in [-0.3, -0.25) is 9.55 Å². The van der Waals surface area contributed by atoms with Gasteiger partial charge in [-0.1, -0.05) is 38.1 Å². The molecule has 0 aliphatic heterocycles. The summed E-state index contributed by atoms with van der Waals surface area (Å²) in [5, 5.41) is 10.1. The van der Waals surface area contributed by atoms with E-state index in [9.17, 15) is 0 Å². The zero-order valence-electron chi connectivity index (χ0n) is 21.9. The van der Waals surface area contributed by atoms with Crippen molar-refractivity contribution in [1.29, 1.82) is 0 Å². The van der Waals surface area contributed by atoms with Crippen molar-refractivity contribution in [2.45, 2.75) is 19.8 Å². The number of aromatic nitrogens is 7. The molecule has 8 heteroatoms. The lowest BCUT2D eigenvalue weighted by atomic mass is 10.1. The lowest BCUT2D eigenvalue weighted by molar-refractivity contribution is 0.464. The molecule has 192 valence electrons. The van der Waals surface area contributed by atoms with E-state index >= 15 is 0 Å². The van der Waals surface area contributed by atoms with Gasteiger partial charge in [-0.15, -0.1) is 0 Å². The second kappa shape index (κ2) is 8.57. The summed E-state index contributed by atoms with van der Waals surface area (Å²) in [5.41, 5.74) is 3.75. The molecule has 40 heavy (non-hydrogen) atoms. The van der Waals surface area contributed by atoms with Crippen LogP contribution in [-0.2, 0) is 0 Å². The quantitative estimate of drug-likeness (QED) is 0.227. The maximum absolute atomic E-state index is 6.38. The van der Waals surface area contributed by atoms with Crippen LogP contribution in [-0.4, -0.2) is 34.1 Å².